The lowest BCUT2D eigenvalue weighted by Gasteiger charge is -2.19. The van der Waals surface area contributed by atoms with Crippen LogP contribution in [0.3, 0.4) is 0 Å². The summed E-state index contributed by atoms with van der Waals surface area (Å²) >= 11 is 0. The quantitative estimate of drug-likeness (QED) is 0.134. The van der Waals surface area contributed by atoms with Gasteiger partial charge in [-0.2, -0.15) is 0 Å². The topological polar surface area (TPSA) is 135 Å². The number of hydrogen-bond acceptors (Lipinski definition) is 9. The van der Waals surface area contributed by atoms with Crippen LogP contribution in [0.1, 0.15) is 27.0 Å². The van der Waals surface area contributed by atoms with Gasteiger partial charge >= 0.3 is 13.9 Å². The maximum absolute atomic E-state index is 13.2. The number of nitrogens with zero attached hydrogens (tertiary/aromatic N) is 2. The molecule has 12 heteroatoms. The number of phosphoric ester groups is 1. The molecule has 0 aliphatic carbocycles. The van der Waals surface area contributed by atoms with Gasteiger partial charge in [0.05, 0.1) is 18.1 Å². The van der Waals surface area contributed by atoms with E-state index in [2.05, 4.69) is 0 Å². The van der Waals surface area contributed by atoms with Crippen LogP contribution in [0.4, 0.5) is 10.5 Å². The van der Waals surface area contributed by atoms with Crippen molar-refractivity contribution in [1.82, 2.24) is 4.90 Å². The predicted molar refractivity (Wildman–Crippen MR) is 132 cm³/mol. The zero-order valence-corrected chi connectivity index (χ0v) is 21.0. The largest absolute Gasteiger partial charge is 0.478 e. The number of carbonyl (C=O) groups is 2. The average Bonchev–Trinajstić information content (AvgIpc) is 2.91. The van der Waals surface area contributed by atoms with Crippen molar-refractivity contribution in [2.24, 2.45) is 0 Å². The molecule has 11 nitrogen and oxygen atoms in total. The minimum absolute atomic E-state index is 0.0827. The molecule has 0 radical (unpaired) electrons. The zero-order valence-electron chi connectivity index (χ0n) is 20.1. The molecule has 2 amide bonds. The number of nitro benzene ring substituents is 1. The van der Waals surface area contributed by atoms with E-state index in [0.29, 0.717) is 21.6 Å². The highest BCUT2D eigenvalue weighted by Crippen LogP contribution is 2.50. The molecule has 0 saturated carbocycles. The lowest BCUT2D eigenvalue weighted by molar-refractivity contribution is -0.385. The first-order chi connectivity index (χ1) is 17.7. The van der Waals surface area contributed by atoms with Gasteiger partial charge in [-0.05, 0) is 24.1 Å². The standard InChI is InChI=1S/C25H25N2O9P/c1-19-13-14-22(15-23(19)27(30)31)24(28)26(2)25(29)33-18-36-37(32,34-16-20-9-5-3-6-10-20)35-17-21-11-7-4-8-12-21/h3-15H,16-18H2,1-2H3. The molecule has 0 unspecified atom stereocenters. The van der Waals surface area contributed by atoms with E-state index >= 15 is 0 Å². The molecule has 0 aliphatic rings. The van der Waals surface area contributed by atoms with E-state index in [-0.39, 0.29) is 24.5 Å². The number of ether oxygens (including phenoxy) is 1. The Labute approximate surface area is 213 Å². The van der Waals surface area contributed by atoms with Crippen molar-refractivity contribution in [3.8, 4) is 0 Å². The molecular formula is C25H25N2O9P. The van der Waals surface area contributed by atoms with Gasteiger partial charge < -0.3 is 4.74 Å². The second kappa shape index (κ2) is 12.9. The van der Waals surface area contributed by atoms with E-state index in [4.69, 9.17) is 18.3 Å². The molecular weight excluding hydrogens is 503 g/mol. The Morgan fingerprint density at radius 1 is 0.892 bits per heavy atom. The molecule has 0 saturated heterocycles. The van der Waals surface area contributed by atoms with Crippen molar-refractivity contribution in [3.05, 3.63) is 111 Å². The van der Waals surface area contributed by atoms with Crippen LogP contribution in [0.2, 0.25) is 0 Å². The summed E-state index contributed by atoms with van der Waals surface area (Å²) in [4.78, 5) is 36.1. The molecule has 3 rings (SSSR count). The summed E-state index contributed by atoms with van der Waals surface area (Å²) < 4.78 is 34.1. The highest BCUT2D eigenvalue weighted by Gasteiger charge is 2.29. The Balaban J connectivity index is 1.61. The molecule has 0 fully saturated rings. The molecule has 0 N–H and O–H groups in total. The third kappa shape index (κ3) is 8.06. The van der Waals surface area contributed by atoms with Gasteiger partial charge in [-0.1, -0.05) is 66.7 Å². The summed E-state index contributed by atoms with van der Waals surface area (Å²) in [6.07, 6.45) is -1.13. The van der Waals surface area contributed by atoms with Crippen LogP contribution in [0, 0.1) is 17.0 Å². The molecule has 37 heavy (non-hydrogen) atoms. The maximum Gasteiger partial charge on any atom is 0.478 e. The highest BCUT2D eigenvalue weighted by atomic mass is 31.2. The number of nitro groups is 1. The fourth-order valence-corrected chi connectivity index (χ4v) is 4.04. The number of hydrogen-bond donors (Lipinski definition) is 0. The van der Waals surface area contributed by atoms with Crippen LogP contribution in [-0.2, 0) is 36.1 Å². The van der Waals surface area contributed by atoms with Crippen molar-refractivity contribution < 1.29 is 37.4 Å². The van der Waals surface area contributed by atoms with Crippen LogP contribution in [0.5, 0.6) is 0 Å². The summed E-state index contributed by atoms with van der Waals surface area (Å²) in [5.41, 5.74) is 1.44. The first-order valence-corrected chi connectivity index (χ1v) is 12.5. The minimum Gasteiger partial charge on any atom is -0.421 e. The molecule has 0 spiro atoms. The fourth-order valence-electron chi connectivity index (χ4n) is 3.02. The number of aryl methyl sites for hydroxylation is 1. The molecule has 0 heterocycles. The normalized spacial score (nSPS) is 11.1. The van der Waals surface area contributed by atoms with Crippen LogP contribution in [0.15, 0.2) is 78.9 Å². The van der Waals surface area contributed by atoms with Gasteiger partial charge in [0.1, 0.15) is 0 Å². The van der Waals surface area contributed by atoms with Gasteiger partial charge in [0.15, 0.2) is 0 Å². The molecule has 0 aliphatic heterocycles. The minimum atomic E-state index is -4.20. The molecule has 3 aromatic rings. The van der Waals surface area contributed by atoms with Gasteiger partial charge in [0, 0.05) is 24.2 Å². The lowest BCUT2D eigenvalue weighted by Crippen LogP contribution is -2.34. The third-order valence-electron chi connectivity index (χ3n) is 5.09. The number of carbonyl (C=O) groups excluding carboxylic acids is 2. The Bertz CT molecular complexity index is 1240. The first kappa shape index (κ1) is 27.7. The second-order valence-corrected chi connectivity index (χ2v) is 9.41. The summed E-state index contributed by atoms with van der Waals surface area (Å²) in [6, 6.07) is 21.6. The van der Waals surface area contributed by atoms with E-state index in [0.717, 1.165) is 13.1 Å². The molecule has 3 aromatic carbocycles. The van der Waals surface area contributed by atoms with E-state index < -0.39 is 31.5 Å². The second-order valence-electron chi connectivity index (χ2n) is 7.75. The van der Waals surface area contributed by atoms with Crippen molar-refractivity contribution in [2.45, 2.75) is 20.1 Å². The first-order valence-electron chi connectivity index (χ1n) is 11.0. The third-order valence-corrected chi connectivity index (χ3v) is 6.40. The monoisotopic (exact) mass is 528 g/mol. The number of phosphoric acid groups is 1. The smallest absolute Gasteiger partial charge is 0.421 e. The molecule has 0 aromatic heterocycles. The Morgan fingerprint density at radius 2 is 1.43 bits per heavy atom. The van der Waals surface area contributed by atoms with Crippen molar-refractivity contribution in [2.75, 3.05) is 13.8 Å². The number of rotatable bonds is 11. The van der Waals surface area contributed by atoms with E-state index in [9.17, 15) is 24.3 Å². The summed E-state index contributed by atoms with van der Waals surface area (Å²) in [7, 11) is -3.06. The van der Waals surface area contributed by atoms with Gasteiger partial charge in [-0.25, -0.2) is 18.8 Å². The Kier molecular flexibility index (Phi) is 9.64. The van der Waals surface area contributed by atoms with E-state index in [1.165, 1.54) is 19.1 Å². The van der Waals surface area contributed by atoms with Gasteiger partial charge in [0.25, 0.3) is 11.6 Å². The van der Waals surface area contributed by atoms with Crippen LogP contribution in [0.25, 0.3) is 0 Å². The Hall–Kier alpha value is -3.89. The molecule has 0 atom stereocenters. The lowest BCUT2D eigenvalue weighted by atomic mass is 10.1. The summed E-state index contributed by atoms with van der Waals surface area (Å²) in [6.45, 7) is 0.502. The van der Waals surface area contributed by atoms with Crippen LogP contribution < -0.4 is 0 Å². The number of benzene rings is 3. The van der Waals surface area contributed by atoms with E-state index in [1.54, 1.807) is 48.5 Å². The Morgan fingerprint density at radius 3 is 1.95 bits per heavy atom. The van der Waals surface area contributed by atoms with Crippen molar-refractivity contribution >= 4 is 25.5 Å². The molecule has 0 bridgehead atoms. The number of imide groups is 1. The molecule has 194 valence electrons. The number of amides is 2. The fraction of sp³-hybridized carbons (Fsp3) is 0.200. The van der Waals surface area contributed by atoms with Crippen LogP contribution in [-0.4, -0.2) is 35.7 Å². The van der Waals surface area contributed by atoms with Crippen LogP contribution >= 0.6 is 7.82 Å². The highest BCUT2D eigenvalue weighted by molar-refractivity contribution is 7.48. The van der Waals surface area contributed by atoms with Gasteiger partial charge in [0.2, 0.25) is 6.79 Å². The predicted octanol–water partition coefficient (Wildman–Crippen LogP) is 5.63. The summed E-state index contributed by atoms with van der Waals surface area (Å²) in [5.74, 6) is -0.836. The SMILES string of the molecule is Cc1ccc(C(=O)N(C)C(=O)OCOP(=O)(OCc2ccccc2)OCc2ccccc2)cc1[N+](=O)[O-]. The van der Waals surface area contributed by atoms with Gasteiger partial charge in [-0.3, -0.25) is 24.0 Å². The maximum atomic E-state index is 13.2. The zero-order chi connectivity index (χ0) is 26.8. The van der Waals surface area contributed by atoms with Gasteiger partial charge in [-0.15, -0.1) is 0 Å². The summed E-state index contributed by atoms with van der Waals surface area (Å²) in [5, 5.41) is 11.1. The van der Waals surface area contributed by atoms with Crippen molar-refractivity contribution in [1.29, 1.82) is 0 Å². The van der Waals surface area contributed by atoms with Crippen molar-refractivity contribution in [3.63, 3.8) is 0 Å². The van der Waals surface area contributed by atoms with E-state index in [1.807, 2.05) is 12.1 Å². The average molecular weight is 528 g/mol.